The van der Waals surface area contributed by atoms with Crippen molar-refractivity contribution in [3.63, 3.8) is 0 Å². The lowest BCUT2D eigenvalue weighted by Gasteiger charge is -2.12. The van der Waals surface area contributed by atoms with Crippen LogP contribution in [0, 0.1) is 6.92 Å². The number of halogens is 1. The molecule has 0 saturated carbocycles. The van der Waals surface area contributed by atoms with Crippen LogP contribution in [0.3, 0.4) is 0 Å². The summed E-state index contributed by atoms with van der Waals surface area (Å²) in [5.41, 5.74) is 4.74. The predicted octanol–water partition coefficient (Wildman–Crippen LogP) is 3.84. The first-order chi connectivity index (χ1) is 11.6. The number of nitrogens with zero attached hydrogens (tertiary/aromatic N) is 2. The van der Waals surface area contributed by atoms with Crippen LogP contribution >= 0.6 is 15.9 Å². The number of fused-ring (bicyclic) bond motifs is 1. The molecule has 3 aromatic rings. The first-order valence-electron chi connectivity index (χ1n) is 7.81. The molecule has 4 rings (SSSR count). The summed E-state index contributed by atoms with van der Waals surface area (Å²) in [6.45, 7) is 2.56. The summed E-state index contributed by atoms with van der Waals surface area (Å²) in [4.78, 5) is 12.6. The van der Waals surface area contributed by atoms with E-state index < -0.39 is 0 Å². The Morgan fingerprint density at radius 1 is 1.12 bits per heavy atom. The van der Waals surface area contributed by atoms with Crippen LogP contribution in [0.4, 0.5) is 0 Å². The van der Waals surface area contributed by atoms with Gasteiger partial charge < -0.3 is 5.32 Å². The molecule has 0 saturated heterocycles. The average Bonchev–Trinajstić information content (AvgIpc) is 3.09. The summed E-state index contributed by atoms with van der Waals surface area (Å²) in [5, 5.41) is 7.70. The molecule has 24 heavy (non-hydrogen) atoms. The van der Waals surface area contributed by atoms with E-state index in [0.717, 1.165) is 26.9 Å². The Balaban J connectivity index is 1.75. The highest BCUT2D eigenvalue weighted by molar-refractivity contribution is 9.10. The summed E-state index contributed by atoms with van der Waals surface area (Å²) in [7, 11) is 0. The Morgan fingerprint density at radius 3 is 2.54 bits per heavy atom. The van der Waals surface area contributed by atoms with Crippen LogP contribution in [0.15, 0.2) is 59.1 Å². The molecule has 0 fully saturated rings. The molecular weight excluding hydrogens is 366 g/mol. The summed E-state index contributed by atoms with van der Waals surface area (Å²) < 4.78 is 2.83. The number of amides is 1. The molecular formula is C19H16BrN3O. The quantitative estimate of drug-likeness (QED) is 0.749. The Bertz CT molecular complexity index is 900. The van der Waals surface area contributed by atoms with Crippen LogP contribution in [0.1, 0.15) is 38.9 Å². The number of aryl methyl sites for hydroxylation is 1. The number of hydrogen-bond donors (Lipinski definition) is 1. The van der Waals surface area contributed by atoms with E-state index in [0.29, 0.717) is 12.2 Å². The summed E-state index contributed by atoms with van der Waals surface area (Å²) in [6.07, 6.45) is 0. The lowest BCUT2D eigenvalue weighted by Crippen LogP contribution is -2.23. The molecule has 0 radical (unpaired) electrons. The number of rotatable bonds is 3. The summed E-state index contributed by atoms with van der Waals surface area (Å²) in [5.74, 6) is -0.0607. The molecule has 5 heteroatoms. The molecule has 1 N–H and O–H groups in total. The van der Waals surface area contributed by atoms with E-state index in [1.165, 1.54) is 0 Å². The van der Waals surface area contributed by atoms with Gasteiger partial charge in [0.2, 0.25) is 0 Å². The van der Waals surface area contributed by atoms with Crippen LogP contribution in [0.2, 0.25) is 0 Å². The number of benzene rings is 2. The van der Waals surface area contributed by atoms with E-state index in [4.69, 9.17) is 0 Å². The van der Waals surface area contributed by atoms with Crippen LogP contribution in [-0.2, 0) is 6.54 Å². The van der Waals surface area contributed by atoms with E-state index in [1.54, 1.807) is 0 Å². The van der Waals surface area contributed by atoms with E-state index in [9.17, 15) is 4.79 Å². The maximum Gasteiger partial charge on any atom is 0.270 e. The lowest BCUT2D eigenvalue weighted by atomic mass is 10.0. The van der Waals surface area contributed by atoms with Crippen molar-refractivity contribution in [2.75, 3.05) is 0 Å². The van der Waals surface area contributed by atoms with Gasteiger partial charge >= 0.3 is 0 Å². The van der Waals surface area contributed by atoms with Gasteiger partial charge in [-0.25, -0.2) is 0 Å². The minimum Gasteiger partial charge on any atom is -0.340 e. The van der Waals surface area contributed by atoms with Gasteiger partial charge in [-0.05, 0) is 30.2 Å². The molecule has 1 aliphatic rings. The van der Waals surface area contributed by atoms with Crippen molar-refractivity contribution in [1.82, 2.24) is 15.1 Å². The normalized spacial score (nSPS) is 16.1. The van der Waals surface area contributed by atoms with Gasteiger partial charge in [-0.1, -0.05) is 58.4 Å². The molecule has 1 amide bonds. The van der Waals surface area contributed by atoms with E-state index in [1.807, 2.05) is 66.2 Å². The smallest absolute Gasteiger partial charge is 0.270 e. The minimum atomic E-state index is -0.134. The minimum absolute atomic E-state index is 0.0607. The molecule has 2 aromatic carbocycles. The third-order valence-electron chi connectivity index (χ3n) is 4.33. The van der Waals surface area contributed by atoms with Crippen LogP contribution in [0.25, 0.3) is 0 Å². The van der Waals surface area contributed by atoms with Crippen molar-refractivity contribution in [1.29, 1.82) is 0 Å². The third kappa shape index (κ3) is 2.55. The highest BCUT2D eigenvalue weighted by Gasteiger charge is 2.36. The van der Waals surface area contributed by atoms with Gasteiger partial charge in [0.25, 0.3) is 5.91 Å². The summed E-state index contributed by atoms with van der Waals surface area (Å²) in [6, 6.07) is 18.0. The zero-order valence-electron chi connectivity index (χ0n) is 13.2. The first kappa shape index (κ1) is 15.1. The zero-order valence-corrected chi connectivity index (χ0v) is 14.7. The van der Waals surface area contributed by atoms with Gasteiger partial charge in [0, 0.05) is 10.0 Å². The Hall–Kier alpha value is -2.40. The number of carbonyl (C=O) groups is 1. The predicted molar refractivity (Wildman–Crippen MR) is 96.0 cm³/mol. The molecule has 1 aromatic heterocycles. The van der Waals surface area contributed by atoms with Gasteiger partial charge in [-0.15, -0.1) is 0 Å². The molecule has 0 aliphatic carbocycles. The van der Waals surface area contributed by atoms with Gasteiger partial charge in [0.05, 0.1) is 18.3 Å². The maximum absolute atomic E-state index is 12.6. The maximum atomic E-state index is 12.6. The molecule has 120 valence electrons. The van der Waals surface area contributed by atoms with E-state index in [-0.39, 0.29) is 11.9 Å². The molecule has 4 nitrogen and oxygen atoms in total. The fourth-order valence-electron chi connectivity index (χ4n) is 3.23. The summed E-state index contributed by atoms with van der Waals surface area (Å²) >= 11 is 3.45. The molecule has 1 unspecified atom stereocenters. The van der Waals surface area contributed by atoms with Gasteiger partial charge in [0.1, 0.15) is 5.69 Å². The van der Waals surface area contributed by atoms with Gasteiger partial charge in [-0.2, -0.15) is 5.10 Å². The topological polar surface area (TPSA) is 46.9 Å². The SMILES string of the molecule is Cc1nn(Cc2ccccc2)c2c1C(c1ccc(Br)cc1)NC2=O. The van der Waals surface area contributed by atoms with Crippen molar-refractivity contribution in [3.05, 3.63) is 87.1 Å². The average molecular weight is 382 g/mol. The fourth-order valence-corrected chi connectivity index (χ4v) is 3.49. The Labute approximate surface area is 148 Å². The zero-order chi connectivity index (χ0) is 16.7. The molecule has 0 spiro atoms. The first-order valence-corrected chi connectivity index (χ1v) is 8.60. The van der Waals surface area contributed by atoms with Crippen LogP contribution < -0.4 is 5.32 Å². The van der Waals surface area contributed by atoms with Gasteiger partial charge in [-0.3, -0.25) is 9.48 Å². The highest BCUT2D eigenvalue weighted by Crippen LogP contribution is 2.34. The largest absolute Gasteiger partial charge is 0.340 e. The molecule has 1 aliphatic heterocycles. The second-order valence-corrected chi connectivity index (χ2v) is 6.86. The third-order valence-corrected chi connectivity index (χ3v) is 4.86. The molecule has 0 bridgehead atoms. The van der Waals surface area contributed by atoms with Crippen molar-refractivity contribution in [2.45, 2.75) is 19.5 Å². The number of carbonyl (C=O) groups excluding carboxylic acids is 1. The van der Waals surface area contributed by atoms with Crippen molar-refractivity contribution >= 4 is 21.8 Å². The standard InChI is InChI=1S/C19H16BrN3O/c1-12-16-17(14-7-9-15(20)10-8-14)21-19(24)18(16)23(22-12)11-13-5-3-2-4-6-13/h2-10,17H,11H2,1H3,(H,21,24). The van der Waals surface area contributed by atoms with Gasteiger partial charge in [0.15, 0.2) is 0 Å². The Morgan fingerprint density at radius 2 is 1.83 bits per heavy atom. The van der Waals surface area contributed by atoms with Crippen LogP contribution in [-0.4, -0.2) is 15.7 Å². The van der Waals surface area contributed by atoms with Crippen molar-refractivity contribution in [2.24, 2.45) is 0 Å². The number of nitrogens with one attached hydrogen (secondary N) is 1. The lowest BCUT2D eigenvalue weighted by molar-refractivity contribution is 0.0950. The monoisotopic (exact) mass is 381 g/mol. The van der Waals surface area contributed by atoms with Crippen molar-refractivity contribution < 1.29 is 4.79 Å². The highest BCUT2D eigenvalue weighted by atomic mass is 79.9. The second-order valence-electron chi connectivity index (χ2n) is 5.95. The number of aromatic nitrogens is 2. The van der Waals surface area contributed by atoms with Crippen LogP contribution in [0.5, 0.6) is 0 Å². The van der Waals surface area contributed by atoms with Crippen molar-refractivity contribution in [3.8, 4) is 0 Å². The number of hydrogen-bond acceptors (Lipinski definition) is 2. The van der Waals surface area contributed by atoms with E-state index >= 15 is 0 Å². The molecule has 2 heterocycles. The molecule has 1 atom stereocenters. The fraction of sp³-hybridized carbons (Fsp3) is 0.158. The second kappa shape index (κ2) is 5.91. The van der Waals surface area contributed by atoms with E-state index in [2.05, 4.69) is 26.3 Å². The Kier molecular flexibility index (Phi) is 3.73.